The molecule has 1 aliphatic rings. The maximum absolute atomic E-state index is 13.7. The first-order valence-electron chi connectivity index (χ1n) is 7.45. The molecule has 1 aromatic carbocycles. The van der Waals surface area contributed by atoms with Crippen molar-refractivity contribution in [3.05, 3.63) is 35.5 Å². The maximum Gasteiger partial charge on any atom is 0.234 e. The van der Waals surface area contributed by atoms with Crippen LogP contribution in [0.4, 0.5) is 4.39 Å². The predicted octanol–water partition coefficient (Wildman–Crippen LogP) is 3.34. The van der Waals surface area contributed by atoms with Gasteiger partial charge in [-0.05, 0) is 31.4 Å². The summed E-state index contributed by atoms with van der Waals surface area (Å²) in [6.07, 6.45) is 5.45. The summed E-state index contributed by atoms with van der Waals surface area (Å²) in [6.45, 7) is 2.24. The van der Waals surface area contributed by atoms with Gasteiger partial charge in [0, 0.05) is 12.1 Å². The summed E-state index contributed by atoms with van der Waals surface area (Å²) in [5, 5.41) is 4.02. The molecule has 112 valence electrons. The zero-order valence-corrected chi connectivity index (χ0v) is 12.2. The second-order valence-electron chi connectivity index (χ2n) is 5.93. The molecule has 1 aliphatic carbocycles. The summed E-state index contributed by atoms with van der Waals surface area (Å²) in [7, 11) is 0. The van der Waals surface area contributed by atoms with Crippen LogP contribution in [-0.2, 0) is 5.41 Å². The van der Waals surface area contributed by atoms with Gasteiger partial charge in [-0.1, -0.05) is 36.6 Å². The average Bonchev–Trinajstić information content (AvgIpc) is 3.01. The molecule has 0 spiro atoms. The summed E-state index contributed by atoms with van der Waals surface area (Å²) in [5.41, 5.74) is 7.01. The summed E-state index contributed by atoms with van der Waals surface area (Å²) >= 11 is 0. The maximum atomic E-state index is 13.7. The van der Waals surface area contributed by atoms with Crippen LogP contribution in [0.3, 0.4) is 0 Å². The lowest BCUT2D eigenvalue weighted by Gasteiger charge is -2.32. The molecule has 0 saturated heterocycles. The number of hydrogen-bond acceptors (Lipinski definition) is 4. The van der Waals surface area contributed by atoms with E-state index in [0.717, 1.165) is 25.7 Å². The van der Waals surface area contributed by atoms with E-state index in [1.54, 1.807) is 13.0 Å². The van der Waals surface area contributed by atoms with Crippen molar-refractivity contribution in [1.29, 1.82) is 0 Å². The average molecular weight is 289 g/mol. The molecule has 0 amide bonds. The van der Waals surface area contributed by atoms with Crippen LogP contribution in [0.5, 0.6) is 0 Å². The van der Waals surface area contributed by atoms with Crippen LogP contribution in [0.15, 0.2) is 22.7 Å². The topological polar surface area (TPSA) is 64.9 Å². The minimum absolute atomic E-state index is 0.202. The molecule has 5 heteroatoms. The second-order valence-corrected chi connectivity index (χ2v) is 5.93. The minimum atomic E-state index is -0.259. The lowest BCUT2D eigenvalue weighted by atomic mass is 9.74. The van der Waals surface area contributed by atoms with E-state index in [1.807, 2.05) is 6.07 Å². The van der Waals surface area contributed by atoms with Crippen LogP contribution in [0.25, 0.3) is 11.4 Å². The molecule has 1 fully saturated rings. The molecular weight excluding hydrogens is 269 g/mol. The number of nitrogens with two attached hydrogens (primary N) is 1. The van der Waals surface area contributed by atoms with E-state index in [4.69, 9.17) is 10.3 Å². The second kappa shape index (κ2) is 5.56. The third kappa shape index (κ3) is 2.58. The van der Waals surface area contributed by atoms with Gasteiger partial charge in [-0.3, -0.25) is 0 Å². The summed E-state index contributed by atoms with van der Waals surface area (Å²) < 4.78 is 19.1. The summed E-state index contributed by atoms with van der Waals surface area (Å²) in [4.78, 5) is 4.49. The molecular formula is C16H20FN3O. The smallest absolute Gasteiger partial charge is 0.234 e. The third-order valence-electron chi connectivity index (χ3n) is 4.51. The van der Waals surface area contributed by atoms with Gasteiger partial charge in [0.25, 0.3) is 0 Å². The normalized spacial score (nSPS) is 17.9. The minimum Gasteiger partial charge on any atom is -0.338 e. The standard InChI is InChI=1S/C16H20FN3O/c1-11-5-6-12(9-13(11)17)14-19-15(21-20-14)16(10-18)7-3-2-4-8-16/h5-6,9H,2-4,7-8,10,18H2,1H3. The Labute approximate surface area is 123 Å². The largest absolute Gasteiger partial charge is 0.338 e. The molecule has 0 bridgehead atoms. The Hall–Kier alpha value is -1.75. The van der Waals surface area contributed by atoms with Crippen molar-refractivity contribution in [3.63, 3.8) is 0 Å². The van der Waals surface area contributed by atoms with Gasteiger partial charge >= 0.3 is 0 Å². The highest BCUT2D eigenvalue weighted by molar-refractivity contribution is 5.55. The fourth-order valence-corrected chi connectivity index (χ4v) is 3.02. The van der Waals surface area contributed by atoms with Crippen LogP contribution >= 0.6 is 0 Å². The Morgan fingerprint density at radius 2 is 2.05 bits per heavy atom. The highest BCUT2D eigenvalue weighted by Gasteiger charge is 2.38. The number of rotatable bonds is 3. The van der Waals surface area contributed by atoms with Gasteiger partial charge in [0.15, 0.2) is 0 Å². The number of benzene rings is 1. The molecule has 4 nitrogen and oxygen atoms in total. The van der Waals surface area contributed by atoms with Crippen LogP contribution in [0.1, 0.15) is 43.6 Å². The summed E-state index contributed by atoms with van der Waals surface area (Å²) in [6, 6.07) is 4.98. The van der Waals surface area contributed by atoms with Gasteiger partial charge in [-0.15, -0.1) is 0 Å². The third-order valence-corrected chi connectivity index (χ3v) is 4.51. The molecule has 1 aromatic heterocycles. The Bertz CT molecular complexity index is 632. The molecule has 1 heterocycles. The fourth-order valence-electron chi connectivity index (χ4n) is 3.02. The predicted molar refractivity (Wildman–Crippen MR) is 78.2 cm³/mol. The van der Waals surface area contributed by atoms with Crippen molar-refractivity contribution < 1.29 is 8.91 Å². The van der Waals surface area contributed by atoms with Gasteiger partial charge in [-0.2, -0.15) is 4.98 Å². The van der Waals surface area contributed by atoms with Crippen molar-refractivity contribution in [2.24, 2.45) is 5.73 Å². The fraction of sp³-hybridized carbons (Fsp3) is 0.500. The Morgan fingerprint density at radius 3 is 2.71 bits per heavy atom. The van der Waals surface area contributed by atoms with Crippen molar-refractivity contribution in [2.45, 2.75) is 44.4 Å². The molecule has 0 atom stereocenters. The lowest BCUT2D eigenvalue weighted by Crippen LogP contribution is -2.37. The van der Waals surface area contributed by atoms with Crippen LogP contribution in [-0.4, -0.2) is 16.7 Å². The number of halogens is 1. The van der Waals surface area contributed by atoms with E-state index >= 15 is 0 Å². The quantitative estimate of drug-likeness (QED) is 0.941. The van der Waals surface area contributed by atoms with Gasteiger partial charge in [-0.25, -0.2) is 4.39 Å². The molecule has 1 saturated carbocycles. The van der Waals surface area contributed by atoms with Crippen LogP contribution in [0, 0.1) is 12.7 Å². The Kier molecular flexibility index (Phi) is 3.76. The van der Waals surface area contributed by atoms with Gasteiger partial charge in [0.1, 0.15) is 5.82 Å². The van der Waals surface area contributed by atoms with Crippen molar-refractivity contribution in [2.75, 3.05) is 6.54 Å². The molecule has 0 radical (unpaired) electrons. The van der Waals surface area contributed by atoms with E-state index in [-0.39, 0.29) is 11.2 Å². The van der Waals surface area contributed by atoms with E-state index in [1.165, 1.54) is 12.5 Å². The zero-order valence-electron chi connectivity index (χ0n) is 12.2. The number of aryl methyl sites for hydroxylation is 1. The first-order chi connectivity index (χ1) is 10.1. The first kappa shape index (κ1) is 14.2. The lowest BCUT2D eigenvalue weighted by molar-refractivity contribution is 0.220. The zero-order chi connectivity index (χ0) is 14.9. The van der Waals surface area contributed by atoms with E-state index in [2.05, 4.69) is 10.1 Å². The van der Waals surface area contributed by atoms with E-state index < -0.39 is 0 Å². The Morgan fingerprint density at radius 1 is 1.29 bits per heavy atom. The summed E-state index contributed by atoms with van der Waals surface area (Å²) in [5.74, 6) is 0.771. The van der Waals surface area contributed by atoms with Crippen LogP contribution < -0.4 is 5.73 Å². The van der Waals surface area contributed by atoms with E-state index in [0.29, 0.717) is 29.4 Å². The van der Waals surface area contributed by atoms with Crippen molar-refractivity contribution in [3.8, 4) is 11.4 Å². The SMILES string of the molecule is Cc1ccc(-c2noc(C3(CN)CCCCC3)n2)cc1F. The molecule has 0 unspecified atom stereocenters. The van der Waals surface area contributed by atoms with E-state index in [9.17, 15) is 4.39 Å². The molecule has 3 rings (SSSR count). The first-order valence-corrected chi connectivity index (χ1v) is 7.45. The van der Waals surface area contributed by atoms with Gasteiger partial charge in [0.2, 0.25) is 11.7 Å². The molecule has 2 N–H and O–H groups in total. The number of hydrogen-bond donors (Lipinski definition) is 1. The van der Waals surface area contributed by atoms with Crippen molar-refractivity contribution >= 4 is 0 Å². The van der Waals surface area contributed by atoms with Crippen LogP contribution in [0.2, 0.25) is 0 Å². The number of aromatic nitrogens is 2. The Balaban J connectivity index is 1.93. The van der Waals surface area contributed by atoms with Gasteiger partial charge < -0.3 is 10.3 Å². The van der Waals surface area contributed by atoms with Crippen molar-refractivity contribution in [1.82, 2.24) is 10.1 Å². The molecule has 0 aliphatic heterocycles. The number of nitrogens with zero attached hydrogens (tertiary/aromatic N) is 2. The van der Waals surface area contributed by atoms with Gasteiger partial charge in [0.05, 0.1) is 5.41 Å². The molecule has 2 aromatic rings. The highest BCUT2D eigenvalue weighted by Crippen LogP contribution is 2.38. The monoisotopic (exact) mass is 289 g/mol. The highest BCUT2D eigenvalue weighted by atomic mass is 19.1. The molecule has 21 heavy (non-hydrogen) atoms.